The van der Waals surface area contributed by atoms with Crippen LogP contribution in [-0.4, -0.2) is 116 Å². The fourth-order valence-corrected chi connectivity index (χ4v) is 15.0. The molecule has 1 saturated heterocycles. The van der Waals surface area contributed by atoms with Gasteiger partial charge >= 0.3 is 19.5 Å². The van der Waals surface area contributed by atoms with Gasteiger partial charge in [0.15, 0.2) is 17.6 Å². The molecule has 1 N–H and O–H groups in total. The fraction of sp³-hybridized carbons (Fsp3) is 0.207. The lowest BCUT2D eigenvalue weighted by Gasteiger charge is -2.36. The standard InChI is InChI=1S/C49H48FN4O8P.C32H23FN2O4.CH4/c1-3-59-49(57)34(2)61-63(58,62-39-18-11-6-12-19-39)31-30-52-26-28-53(29-27-52)47(55)42-40-20-13-25-51-44(40)46(60-45(36-14-7-4-8-15-36)37-16-9-5-10-17-37)43-41(42)33-54(48(43)56)32-35-21-23-38(50)24-22-35;33-23-15-13-20(14-16-23)18-35-19-25-26(32(37)38)24-12-7-17-34-28(24)30(27(25)31(35)36)39-29(21-8-3-1-4-9-21)22-10-5-2-6-11-22;/h4-25,34,45H,3,26-33H2,1-2H3;1-17,29H,18-19H2,(H,37,38);1H4/t34-,63?;;/m0../s1. The number of esters is 1. The zero-order valence-corrected chi connectivity index (χ0v) is 56.7. The molecular formula is C82H75F2N6O12P. The maximum atomic E-state index is 15.0. The van der Waals surface area contributed by atoms with Crippen LogP contribution in [0.25, 0.3) is 21.8 Å². The predicted molar refractivity (Wildman–Crippen MR) is 387 cm³/mol. The number of carboxylic acid groups (broad SMARTS) is 1. The number of carboxylic acids is 1. The van der Waals surface area contributed by atoms with Gasteiger partial charge < -0.3 is 38.5 Å². The molecule has 9 aromatic carbocycles. The Morgan fingerprint density at radius 1 is 0.544 bits per heavy atom. The summed E-state index contributed by atoms with van der Waals surface area (Å²) in [6.07, 6.45) is 0.880. The highest BCUT2D eigenvalue weighted by atomic mass is 31.2. The molecule has 1 unspecified atom stereocenters. The van der Waals surface area contributed by atoms with E-state index in [0.717, 1.165) is 33.4 Å². The predicted octanol–water partition coefficient (Wildman–Crippen LogP) is 15.7. The van der Waals surface area contributed by atoms with E-state index in [0.29, 0.717) is 77.0 Å². The zero-order chi connectivity index (χ0) is 70.9. The van der Waals surface area contributed by atoms with Crippen LogP contribution in [0.1, 0.15) is 119 Å². The number of carbonyl (C=O) groups excluding carboxylic acids is 4. The van der Waals surface area contributed by atoms with Gasteiger partial charge in [0.25, 0.3) is 17.7 Å². The van der Waals surface area contributed by atoms with Crippen molar-refractivity contribution in [2.45, 2.75) is 65.8 Å². The normalized spacial score (nSPS) is 14.3. The lowest BCUT2D eigenvalue weighted by molar-refractivity contribution is -0.150. The third kappa shape index (κ3) is 15.9. The van der Waals surface area contributed by atoms with Crippen molar-refractivity contribution in [1.29, 1.82) is 0 Å². The first-order valence-corrected chi connectivity index (χ1v) is 35.3. The van der Waals surface area contributed by atoms with Crippen molar-refractivity contribution in [3.63, 3.8) is 0 Å². The molecule has 5 heterocycles. The summed E-state index contributed by atoms with van der Waals surface area (Å²) < 4.78 is 72.1. The summed E-state index contributed by atoms with van der Waals surface area (Å²) in [5.74, 6) is -2.58. The summed E-state index contributed by atoms with van der Waals surface area (Å²) in [7, 11) is -3.85. The molecule has 3 aliphatic rings. The summed E-state index contributed by atoms with van der Waals surface area (Å²) in [5.41, 5.74) is 7.44. The van der Waals surface area contributed by atoms with E-state index in [-0.39, 0.29) is 104 Å². The number of carbonyl (C=O) groups is 5. The second kappa shape index (κ2) is 32.0. The van der Waals surface area contributed by atoms with E-state index in [1.54, 1.807) is 101 Å². The van der Waals surface area contributed by atoms with Crippen LogP contribution in [0.4, 0.5) is 8.78 Å². The van der Waals surface area contributed by atoms with Gasteiger partial charge in [-0.15, -0.1) is 0 Å². The number of amides is 3. The minimum atomic E-state index is -3.85. The van der Waals surface area contributed by atoms with E-state index >= 15 is 0 Å². The Labute approximate surface area is 595 Å². The number of benzene rings is 9. The molecule has 21 heteroatoms. The second-order valence-corrected chi connectivity index (χ2v) is 26.9. The average molecular weight is 1410 g/mol. The van der Waals surface area contributed by atoms with Gasteiger partial charge in [0, 0.05) is 93.2 Å². The third-order valence-corrected chi connectivity index (χ3v) is 20.0. The molecule has 103 heavy (non-hydrogen) atoms. The van der Waals surface area contributed by atoms with Crippen molar-refractivity contribution in [3.05, 3.63) is 315 Å². The van der Waals surface area contributed by atoms with Crippen molar-refractivity contribution in [2.75, 3.05) is 45.5 Å². The Kier molecular flexibility index (Phi) is 22.2. The molecule has 3 aliphatic heterocycles. The van der Waals surface area contributed by atoms with Crippen LogP contribution < -0.4 is 14.0 Å². The highest BCUT2D eigenvalue weighted by Gasteiger charge is 2.42. The summed E-state index contributed by atoms with van der Waals surface area (Å²) in [6.45, 7) is 5.80. The summed E-state index contributed by atoms with van der Waals surface area (Å²) >= 11 is 0. The van der Waals surface area contributed by atoms with E-state index in [1.807, 2.05) is 133 Å². The van der Waals surface area contributed by atoms with Crippen LogP contribution in [0.15, 0.2) is 237 Å². The molecule has 11 aromatic rings. The summed E-state index contributed by atoms with van der Waals surface area (Å²) in [6, 6.07) is 66.3. The molecule has 0 spiro atoms. The Hall–Kier alpha value is -11.4. The average Bonchev–Trinajstić information content (AvgIpc) is 1.65. The molecule has 0 radical (unpaired) electrons. The minimum absolute atomic E-state index is 0. The fourth-order valence-electron chi connectivity index (χ4n) is 13.2. The number of fused-ring (bicyclic) bond motifs is 4. The van der Waals surface area contributed by atoms with Gasteiger partial charge in [-0.3, -0.25) is 33.8 Å². The van der Waals surface area contributed by atoms with Crippen molar-refractivity contribution in [3.8, 4) is 17.2 Å². The number of para-hydroxylation sites is 1. The first-order chi connectivity index (χ1) is 49.6. The third-order valence-electron chi connectivity index (χ3n) is 18.1. The molecule has 0 aliphatic carbocycles. The molecule has 0 saturated carbocycles. The van der Waals surface area contributed by atoms with Crippen LogP contribution >= 0.6 is 7.60 Å². The number of halogens is 2. The Bertz CT molecular complexity index is 4830. The van der Waals surface area contributed by atoms with Crippen molar-refractivity contribution < 1.29 is 65.7 Å². The van der Waals surface area contributed by atoms with E-state index in [2.05, 4.69) is 9.88 Å². The van der Waals surface area contributed by atoms with Gasteiger partial charge in [-0.05, 0) is 95.8 Å². The number of ether oxygens (including phenoxy) is 3. The van der Waals surface area contributed by atoms with Gasteiger partial charge in [-0.1, -0.05) is 183 Å². The molecule has 1 fully saturated rings. The number of hydrogen-bond donors (Lipinski definition) is 1. The highest BCUT2D eigenvalue weighted by Crippen LogP contribution is 2.50. The number of piperazine rings is 1. The van der Waals surface area contributed by atoms with E-state index in [4.69, 9.17) is 28.2 Å². The molecule has 18 nitrogen and oxygen atoms in total. The van der Waals surface area contributed by atoms with Gasteiger partial charge in [0.05, 0.1) is 35.0 Å². The lowest BCUT2D eigenvalue weighted by Crippen LogP contribution is -2.49. The Morgan fingerprint density at radius 2 is 0.951 bits per heavy atom. The van der Waals surface area contributed by atoms with Crippen LogP contribution in [0.3, 0.4) is 0 Å². The van der Waals surface area contributed by atoms with Crippen LogP contribution in [-0.2, 0) is 44.8 Å². The van der Waals surface area contributed by atoms with Crippen molar-refractivity contribution in [1.82, 2.24) is 29.6 Å². The van der Waals surface area contributed by atoms with Gasteiger partial charge in [0.1, 0.15) is 40.6 Å². The molecule has 3 amide bonds. The summed E-state index contributed by atoms with van der Waals surface area (Å²) in [5, 5.41) is 11.2. The number of rotatable bonds is 23. The van der Waals surface area contributed by atoms with Crippen molar-refractivity contribution in [2.24, 2.45) is 0 Å². The Morgan fingerprint density at radius 3 is 1.37 bits per heavy atom. The second-order valence-electron chi connectivity index (χ2n) is 24.8. The molecular weight excluding hydrogens is 1330 g/mol. The lowest BCUT2D eigenvalue weighted by atomic mass is 9.94. The van der Waals surface area contributed by atoms with E-state index in [9.17, 15) is 42.4 Å². The van der Waals surface area contributed by atoms with Crippen LogP contribution in [0.2, 0.25) is 0 Å². The number of aromatic nitrogens is 2. The molecule has 524 valence electrons. The number of nitrogens with zero attached hydrogens (tertiary/aromatic N) is 6. The smallest absolute Gasteiger partial charge is 0.381 e. The first kappa shape index (κ1) is 71.4. The maximum absolute atomic E-state index is 15.0. The highest BCUT2D eigenvalue weighted by molar-refractivity contribution is 7.54. The molecule has 2 atom stereocenters. The van der Waals surface area contributed by atoms with Gasteiger partial charge in [-0.25, -0.2) is 22.9 Å². The van der Waals surface area contributed by atoms with Crippen LogP contribution in [0.5, 0.6) is 17.2 Å². The molecule has 2 aromatic heterocycles. The monoisotopic (exact) mass is 1400 g/mol. The number of aromatic carboxylic acids is 1. The minimum Gasteiger partial charge on any atom is -0.478 e. The Balaban J connectivity index is 0.000000214. The topological polar surface area (TPSA) is 208 Å². The molecule has 14 rings (SSSR count). The SMILES string of the molecule is C.CCOC(=O)[C@H](C)OP(=O)(CCN1CCN(C(=O)c2c3c(c(OC(c4ccccc4)c4ccccc4)c4ncccc24)C(=O)N(Cc2ccc(F)cc2)C3)CC1)Oc1ccccc1.O=C(O)c1c2c(c(OC(c3ccccc3)c3ccccc3)c3ncccc13)C(=O)N(Cc1ccc(F)cc1)C2. The molecule has 0 bridgehead atoms. The van der Waals surface area contributed by atoms with E-state index in [1.165, 1.54) is 31.2 Å². The van der Waals surface area contributed by atoms with Gasteiger partial charge in [-0.2, -0.15) is 0 Å². The summed E-state index contributed by atoms with van der Waals surface area (Å²) in [4.78, 5) is 84.9. The zero-order valence-electron chi connectivity index (χ0n) is 55.9. The van der Waals surface area contributed by atoms with Gasteiger partial charge in [0.2, 0.25) is 0 Å². The number of pyridine rings is 2. The van der Waals surface area contributed by atoms with Crippen LogP contribution in [0, 0.1) is 11.6 Å². The first-order valence-electron chi connectivity index (χ1n) is 33.5. The van der Waals surface area contributed by atoms with E-state index < -0.39 is 37.8 Å². The van der Waals surface area contributed by atoms with Crippen molar-refractivity contribution >= 4 is 59.1 Å². The largest absolute Gasteiger partial charge is 0.478 e. The number of hydrogen-bond acceptors (Lipinski definition) is 14. The maximum Gasteiger partial charge on any atom is 0.381 e. The quantitative estimate of drug-likeness (QED) is 0.0467.